The van der Waals surface area contributed by atoms with E-state index in [0.29, 0.717) is 6.54 Å². The minimum atomic E-state index is -0.447. The number of nitrogens with one attached hydrogen (secondary N) is 1. The summed E-state index contributed by atoms with van der Waals surface area (Å²) < 4.78 is 1.78. The Morgan fingerprint density at radius 2 is 2.25 bits per heavy atom. The highest BCUT2D eigenvalue weighted by Crippen LogP contribution is 2.05. The first-order chi connectivity index (χ1) is 7.43. The third-order valence-electron chi connectivity index (χ3n) is 2.81. The Morgan fingerprint density at radius 1 is 1.62 bits per heavy atom. The van der Waals surface area contributed by atoms with Crippen molar-refractivity contribution in [3.8, 4) is 0 Å². The van der Waals surface area contributed by atoms with Gasteiger partial charge in [0.15, 0.2) is 0 Å². The van der Waals surface area contributed by atoms with Crippen molar-refractivity contribution in [3.63, 3.8) is 0 Å². The molecule has 1 rings (SSSR count). The Bertz CT molecular complexity index is 370. The van der Waals surface area contributed by atoms with E-state index < -0.39 is 6.04 Å². The average molecular weight is 224 g/mol. The zero-order valence-corrected chi connectivity index (χ0v) is 10.3. The Hall–Kier alpha value is -1.36. The van der Waals surface area contributed by atoms with Crippen molar-refractivity contribution in [3.05, 3.63) is 17.5 Å². The topological polar surface area (TPSA) is 72.9 Å². The number of aromatic nitrogens is 2. The molecule has 3 N–H and O–H groups in total. The predicted octanol–water partition coefficient (Wildman–Crippen LogP) is 0.328. The highest BCUT2D eigenvalue weighted by Gasteiger charge is 2.17. The van der Waals surface area contributed by atoms with Crippen molar-refractivity contribution in [2.45, 2.75) is 33.4 Å². The van der Waals surface area contributed by atoms with Crippen LogP contribution in [0.5, 0.6) is 0 Å². The summed E-state index contributed by atoms with van der Waals surface area (Å²) in [7, 11) is 1.88. The Labute approximate surface area is 96.0 Å². The zero-order valence-electron chi connectivity index (χ0n) is 10.3. The molecule has 5 heteroatoms. The molecule has 0 fully saturated rings. The van der Waals surface area contributed by atoms with Crippen molar-refractivity contribution in [2.24, 2.45) is 18.7 Å². The molecule has 16 heavy (non-hydrogen) atoms. The molecule has 0 aromatic carbocycles. The lowest BCUT2D eigenvalue weighted by Crippen LogP contribution is -2.43. The smallest absolute Gasteiger partial charge is 0.237 e. The van der Waals surface area contributed by atoms with E-state index in [1.54, 1.807) is 10.9 Å². The van der Waals surface area contributed by atoms with E-state index in [-0.39, 0.29) is 11.8 Å². The molecule has 1 aromatic rings. The molecule has 1 heterocycles. The number of carbonyl (C=O) groups excluding carboxylic acids is 1. The van der Waals surface area contributed by atoms with E-state index in [2.05, 4.69) is 10.4 Å². The van der Waals surface area contributed by atoms with Gasteiger partial charge in [-0.3, -0.25) is 9.48 Å². The van der Waals surface area contributed by atoms with Crippen molar-refractivity contribution < 1.29 is 4.79 Å². The minimum Gasteiger partial charge on any atom is -0.351 e. The quantitative estimate of drug-likeness (QED) is 0.774. The van der Waals surface area contributed by atoms with Gasteiger partial charge in [0, 0.05) is 24.8 Å². The number of hydrogen-bond acceptors (Lipinski definition) is 3. The maximum atomic E-state index is 11.6. The van der Waals surface area contributed by atoms with Gasteiger partial charge < -0.3 is 11.1 Å². The summed E-state index contributed by atoms with van der Waals surface area (Å²) in [6.45, 7) is 6.31. The van der Waals surface area contributed by atoms with Crippen LogP contribution in [-0.4, -0.2) is 21.7 Å². The Balaban J connectivity index is 2.52. The van der Waals surface area contributed by atoms with E-state index in [9.17, 15) is 4.79 Å². The van der Waals surface area contributed by atoms with Crippen LogP contribution < -0.4 is 11.1 Å². The number of carbonyl (C=O) groups is 1. The largest absolute Gasteiger partial charge is 0.351 e. The summed E-state index contributed by atoms with van der Waals surface area (Å²) in [6, 6.07) is -0.447. The van der Waals surface area contributed by atoms with Gasteiger partial charge in [-0.2, -0.15) is 5.10 Å². The summed E-state index contributed by atoms with van der Waals surface area (Å²) in [6.07, 6.45) is 1.76. The van der Waals surface area contributed by atoms with E-state index in [1.807, 2.05) is 27.8 Å². The fraction of sp³-hybridized carbons (Fsp3) is 0.636. The summed E-state index contributed by atoms with van der Waals surface area (Å²) in [4.78, 5) is 11.6. The lowest BCUT2D eigenvalue weighted by atomic mass is 10.1. The van der Waals surface area contributed by atoms with Gasteiger partial charge in [-0.05, 0) is 12.8 Å². The molecule has 1 unspecified atom stereocenters. The van der Waals surface area contributed by atoms with Crippen LogP contribution in [0.15, 0.2) is 6.20 Å². The van der Waals surface area contributed by atoms with Gasteiger partial charge in [0.25, 0.3) is 0 Å². The average Bonchev–Trinajstić information content (AvgIpc) is 2.55. The van der Waals surface area contributed by atoms with Gasteiger partial charge in [-0.25, -0.2) is 0 Å². The van der Waals surface area contributed by atoms with Crippen molar-refractivity contribution in [1.82, 2.24) is 15.1 Å². The third-order valence-corrected chi connectivity index (χ3v) is 2.81. The lowest BCUT2D eigenvalue weighted by Gasteiger charge is -2.15. The molecule has 1 aromatic heterocycles. The Kier molecular flexibility index (Phi) is 4.06. The van der Waals surface area contributed by atoms with Crippen molar-refractivity contribution in [1.29, 1.82) is 0 Å². The van der Waals surface area contributed by atoms with Crippen LogP contribution in [0.1, 0.15) is 25.1 Å². The SMILES string of the molecule is Cc1c(CNC(=O)C(N)C(C)C)cnn1C. The molecule has 0 bridgehead atoms. The molecule has 0 saturated carbocycles. The molecule has 90 valence electrons. The monoisotopic (exact) mass is 224 g/mol. The van der Waals surface area contributed by atoms with Crippen LogP contribution in [0.3, 0.4) is 0 Å². The standard InChI is InChI=1S/C11H20N4O/c1-7(2)10(12)11(16)13-5-9-6-14-15(4)8(9)3/h6-7,10H,5,12H2,1-4H3,(H,13,16). The highest BCUT2D eigenvalue weighted by molar-refractivity contribution is 5.81. The fourth-order valence-electron chi connectivity index (χ4n) is 1.32. The number of amides is 1. The van der Waals surface area contributed by atoms with Gasteiger partial charge in [0.2, 0.25) is 5.91 Å². The summed E-state index contributed by atoms with van der Waals surface area (Å²) in [5.41, 5.74) is 7.81. The normalized spacial score (nSPS) is 12.9. The molecule has 1 atom stereocenters. The number of aryl methyl sites for hydroxylation is 1. The molecule has 0 aliphatic carbocycles. The van der Waals surface area contributed by atoms with E-state index >= 15 is 0 Å². The summed E-state index contributed by atoms with van der Waals surface area (Å²) in [5.74, 6) is 0.0354. The minimum absolute atomic E-state index is 0.113. The lowest BCUT2D eigenvalue weighted by molar-refractivity contribution is -0.123. The molecular formula is C11H20N4O. The van der Waals surface area contributed by atoms with Crippen LogP contribution in [-0.2, 0) is 18.4 Å². The first-order valence-corrected chi connectivity index (χ1v) is 5.44. The van der Waals surface area contributed by atoms with Gasteiger partial charge >= 0.3 is 0 Å². The number of hydrogen-bond donors (Lipinski definition) is 2. The van der Waals surface area contributed by atoms with Crippen LogP contribution >= 0.6 is 0 Å². The second-order valence-corrected chi connectivity index (χ2v) is 4.37. The maximum absolute atomic E-state index is 11.6. The molecule has 0 aliphatic rings. The molecule has 0 radical (unpaired) electrons. The van der Waals surface area contributed by atoms with Crippen molar-refractivity contribution in [2.75, 3.05) is 0 Å². The molecular weight excluding hydrogens is 204 g/mol. The van der Waals surface area contributed by atoms with Crippen LogP contribution in [0, 0.1) is 12.8 Å². The molecule has 0 saturated heterocycles. The second-order valence-electron chi connectivity index (χ2n) is 4.37. The van der Waals surface area contributed by atoms with Gasteiger partial charge in [-0.15, -0.1) is 0 Å². The zero-order chi connectivity index (χ0) is 12.3. The second kappa shape index (κ2) is 5.12. The van der Waals surface area contributed by atoms with E-state index in [1.165, 1.54) is 0 Å². The fourth-order valence-corrected chi connectivity index (χ4v) is 1.32. The molecule has 0 spiro atoms. The van der Waals surface area contributed by atoms with Crippen LogP contribution in [0.25, 0.3) is 0 Å². The molecule has 5 nitrogen and oxygen atoms in total. The maximum Gasteiger partial charge on any atom is 0.237 e. The van der Waals surface area contributed by atoms with Gasteiger partial charge in [-0.1, -0.05) is 13.8 Å². The van der Waals surface area contributed by atoms with E-state index in [4.69, 9.17) is 5.73 Å². The first kappa shape index (κ1) is 12.7. The third kappa shape index (κ3) is 2.82. The predicted molar refractivity (Wildman–Crippen MR) is 62.6 cm³/mol. The van der Waals surface area contributed by atoms with Gasteiger partial charge in [0.1, 0.15) is 0 Å². The Morgan fingerprint density at radius 3 is 2.69 bits per heavy atom. The molecule has 0 aliphatic heterocycles. The summed E-state index contributed by atoms with van der Waals surface area (Å²) in [5, 5.41) is 6.93. The molecule has 1 amide bonds. The van der Waals surface area contributed by atoms with Crippen molar-refractivity contribution >= 4 is 5.91 Å². The first-order valence-electron chi connectivity index (χ1n) is 5.44. The van der Waals surface area contributed by atoms with Crippen LogP contribution in [0.4, 0.5) is 0 Å². The van der Waals surface area contributed by atoms with Crippen LogP contribution in [0.2, 0.25) is 0 Å². The summed E-state index contributed by atoms with van der Waals surface area (Å²) >= 11 is 0. The number of rotatable bonds is 4. The number of nitrogens with zero attached hydrogens (tertiary/aromatic N) is 2. The van der Waals surface area contributed by atoms with E-state index in [0.717, 1.165) is 11.3 Å². The van der Waals surface area contributed by atoms with Gasteiger partial charge in [0.05, 0.1) is 12.2 Å². The number of nitrogens with two attached hydrogens (primary N) is 1. The highest BCUT2D eigenvalue weighted by atomic mass is 16.2.